The first-order chi connectivity index (χ1) is 9.47. The molecule has 0 aromatic heterocycles. The number of carbonyl (C=O) groups excluding carboxylic acids is 2. The average Bonchev–Trinajstić information content (AvgIpc) is 2.43. The van der Waals surface area contributed by atoms with Gasteiger partial charge in [0.05, 0.1) is 18.8 Å². The van der Waals surface area contributed by atoms with Gasteiger partial charge in [-0.3, -0.25) is 0 Å². The van der Waals surface area contributed by atoms with E-state index >= 15 is 0 Å². The predicted molar refractivity (Wildman–Crippen MR) is 72.6 cm³/mol. The molecule has 0 aliphatic carbocycles. The smallest absolute Gasteiger partial charge is 0.349 e. The number of nitriles is 1. The summed E-state index contributed by atoms with van der Waals surface area (Å²) in [5, 5.41) is 8.96. The maximum atomic E-state index is 11.6. The fourth-order valence-corrected chi connectivity index (χ4v) is 1.41. The third kappa shape index (κ3) is 4.25. The van der Waals surface area contributed by atoms with Gasteiger partial charge in [-0.05, 0) is 37.6 Å². The zero-order valence-corrected chi connectivity index (χ0v) is 11.5. The molecule has 1 aromatic rings. The van der Waals surface area contributed by atoms with Crippen LogP contribution in [0.2, 0.25) is 0 Å². The van der Waals surface area contributed by atoms with Crippen LogP contribution in [0.15, 0.2) is 29.8 Å². The van der Waals surface area contributed by atoms with E-state index in [9.17, 15) is 9.59 Å². The molecule has 0 saturated heterocycles. The number of rotatable bonds is 4. The van der Waals surface area contributed by atoms with Crippen LogP contribution in [0.3, 0.4) is 0 Å². The van der Waals surface area contributed by atoms with Crippen LogP contribution in [0.25, 0.3) is 6.08 Å². The van der Waals surface area contributed by atoms with Crippen molar-refractivity contribution in [2.24, 2.45) is 0 Å². The Labute approximate surface area is 117 Å². The maximum absolute atomic E-state index is 11.6. The molecule has 1 rings (SSSR count). The summed E-state index contributed by atoms with van der Waals surface area (Å²) in [5.41, 5.74) is 0.923. The summed E-state index contributed by atoms with van der Waals surface area (Å²) in [6.07, 6.45) is 1.12. The predicted octanol–water partition coefficient (Wildman–Crippen LogP) is 2.33. The number of nitrogens with zero attached hydrogens (tertiary/aromatic N) is 1. The van der Waals surface area contributed by atoms with E-state index in [1.165, 1.54) is 13.2 Å². The van der Waals surface area contributed by atoms with Crippen molar-refractivity contribution >= 4 is 18.0 Å². The van der Waals surface area contributed by atoms with Crippen molar-refractivity contribution in [1.82, 2.24) is 0 Å². The minimum absolute atomic E-state index is 0.0930. The first-order valence-corrected chi connectivity index (χ1v) is 5.99. The van der Waals surface area contributed by atoms with E-state index in [4.69, 9.17) is 10.00 Å². The molecule has 0 unspecified atom stereocenters. The molecule has 0 heterocycles. The van der Waals surface area contributed by atoms with Crippen LogP contribution in [0.5, 0.6) is 0 Å². The van der Waals surface area contributed by atoms with Crippen LogP contribution >= 0.6 is 0 Å². The van der Waals surface area contributed by atoms with Gasteiger partial charge in [-0.1, -0.05) is 12.1 Å². The second-order valence-electron chi connectivity index (χ2n) is 4.24. The molecule has 0 atom stereocenters. The van der Waals surface area contributed by atoms with E-state index in [0.717, 1.165) is 0 Å². The Kier molecular flexibility index (Phi) is 5.48. The molecule has 104 valence electrons. The van der Waals surface area contributed by atoms with Gasteiger partial charge >= 0.3 is 11.9 Å². The minimum Gasteiger partial charge on any atom is -0.465 e. The molecule has 0 radical (unpaired) electrons. The summed E-state index contributed by atoms with van der Waals surface area (Å²) in [5.74, 6) is -1.11. The van der Waals surface area contributed by atoms with Gasteiger partial charge in [-0.2, -0.15) is 5.26 Å². The zero-order chi connectivity index (χ0) is 15.1. The van der Waals surface area contributed by atoms with Crippen molar-refractivity contribution in [2.45, 2.75) is 20.0 Å². The van der Waals surface area contributed by atoms with Gasteiger partial charge in [-0.25, -0.2) is 9.59 Å². The molecule has 0 amide bonds. The standard InChI is InChI=1S/C15H15NO4/c1-10(2)20-15(18)13(9-16)8-11-4-6-12(7-5-11)14(17)19-3/h4-8,10H,1-3H3. The van der Waals surface area contributed by atoms with E-state index in [0.29, 0.717) is 11.1 Å². The Morgan fingerprint density at radius 2 is 1.85 bits per heavy atom. The average molecular weight is 273 g/mol. The molecular formula is C15H15NO4. The van der Waals surface area contributed by atoms with Crippen molar-refractivity contribution < 1.29 is 19.1 Å². The summed E-state index contributed by atoms with van der Waals surface area (Å²) >= 11 is 0. The third-order valence-electron chi connectivity index (χ3n) is 2.33. The molecule has 0 fully saturated rings. The molecule has 20 heavy (non-hydrogen) atoms. The molecular weight excluding hydrogens is 258 g/mol. The van der Waals surface area contributed by atoms with E-state index in [2.05, 4.69) is 4.74 Å². The van der Waals surface area contributed by atoms with Crippen molar-refractivity contribution in [3.05, 3.63) is 41.0 Å². The molecule has 0 N–H and O–H groups in total. The Bertz CT molecular complexity index is 565. The van der Waals surface area contributed by atoms with Crippen molar-refractivity contribution in [3.63, 3.8) is 0 Å². The molecule has 0 saturated carbocycles. The first kappa shape index (κ1) is 15.4. The Hall–Kier alpha value is -2.61. The molecule has 5 heteroatoms. The minimum atomic E-state index is -0.667. The lowest BCUT2D eigenvalue weighted by molar-refractivity contribution is -0.142. The second kappa shape index (κ2) is 7.10. The topological polar surface area (TPSA) is 76.4 Å². The fraction of sp³-hybridized carbons (Fsp3) is 0.267. The quantitative estimate of drug-likeness (QED) is 0.478. The number of hydrogen-bond donors (Lipinski definition) is 0. The molecule has 0 aliphatic rings. The van der Waals surface area contributed by atoms with Gasteiger partial charge in [0.15, 0.2) is 0 Å². The SMILES string of the molecule is COC(=O)c1ccc(C=C(C#N)C(=O)OC(C)C)cc1. The lowest BCUT2D eigenvalue weighted by Gasteiger charge is -2.06. The van der Waals surface area contributed by atoms with Gasteiger partial charge in [0.2, 0.25) is 0 Å². The normalized spacial score (nSPS) is 10.8. The first-order valence-electron chi connectivity index (χ1n) is 5.99. The Morgan fingerprint density at radius 1 is 1.25 bits per heavy atom. The molecule has 0 spiro atoms. The van der Waals surface area contributed by atoms with Crippen LogP contribution in [0, 0.1) is 11.3 Å². The van der Waals surface area contributed by atoms with E-state index < -0.39 is 11.9 Å². The summed E-state index contributed by atoms with van der Waals surface area (Å²) in [6.45, 7) is 3.41. The van der Waals surface area contributed by atoms with Crippen molar-refractivity contribution in [2.75, 3.05) is 7.11 Å². The highest BCUT2D eigenvalue weighted by Gasteiger charge is 2.12. The third-order valence-corrected chi connectivity index (χ3v) is 2.33. The van der Waals surface area contributed by atoms with Gasteiger partial charge in [-0.15, -0.1) is 0 Å². The number of carbonyl (C=O) groups is 2. The van der Waals surface area contributed by atoms with Gasteiger partial charge < -0.3 is 9.47 Å². The lowest BCUT2D eigenvalue weighted by Crippen LogP contribution is -2.12. The second-order valence-corrected chi connectivity index (χ2v) is 4.24. The highest BCUT2D eigenvalue weighted by atomic mass is 16.5. The van der Waals surface area contributed by atoms with Crippen molar-refractivity contribution in [1.29, 1.82) is 5.26 Å². The largest absolute Gasteiger partial charge is 0.465 e. The highest BCUT2D eigenvalue weighted by Crippen LogP contribution is 2.11. The number of ether oxygens (including phenoxy) is 2. The van der Waals surface area contributed by atoms with Crippen LogP contribution in [0.1, 0.15) is 29.8 Å². The summed E-state index contributed by atoms with van der Waals surface area (Å²) in [6, 6.07) is 8.15. The van der Waals surface area contributed by atoms with Gasteiger partial charge in [0.25, 0.3) is 0 Å². The highest BCUT2D eigenvalue weighted by molar-refractivity contribution is 5.98. The molecule has 5 nitrogen and oxygen atoms in total. The Morgan fingerprint density at radius 3 is 2.30 bits per heavy atom. The molecule has 0 aliphatic heterocycles. The zero-order valence-electron chi connectivity index (χ0n) is 11.5. The van der Waals surface area contributed by atoms with E-state index in [1.807, 2.05) is 0 Å². The van der Waals surface area contributed by atoms with Crippen molar-refractivity contribution in [3.8, 4) is 6.07 Å². The van der Waals surface area contributed by atoms with Gasteiger partial charge in [0.1, 0.15) is 11.6 Å². The Balaban J connectivity index is 2.94. The van der Waals surface area contributed by atoms with Gasteiger partial charge in [0, 0.05) is 0 Å². The number of benzene rings is 1. The van der Waals surface area contributed by atoms with Crippen LogP contribution < -0.4 is 0 Å². The van der Waals surface area contributed by atoms with Crippen LogP contribution in [-0.4, -0.2) is 25.2 Å². The van der Waals surface area contributed by atoms with Crippen LogP contribution in [-0.2, 0) is 14.3 Å². The molecule has 0 bridgehead atoms. The lowest BCUT2D eigenvalue weighted by atomic mass is 10.1. The van der Waals surface area contributed by atoms with E-state index in [1.54, 1.807) is 44.2 Å². The van der Waals surface area contributed by atoms with Crippen LogP contribution in [0.4, 0.5) is 0 Å². The number of esters is 2. The fourth-order valence-electron chi connectivity index (χ4n) is 1.41. The monoisotopic (exact) mass is 273 g/mol. The number of hydrogen-bond acceptors (Lipinski definition) is 5. The summed E-state index contributed by atoms with van der Waals surface area (Å²) < 4.78 is 9.53. The van der Waals surface area contributed by atoms with E-state index in [-0.39, 0.29) is 11.7 Å². The summed E-state index contributed by atoms with van der Waals surface area (Å²) in [4.78, 5) is 22.9. The molecule has 1 aromatic carbocycles. The maximum Gasteiger partial charge on any atom is 0.349 e. The summed E-state index contributed by atoms with van der Waals surface area (Å²) in [7, 11) is 1.30. The number of methoxy groups -OCH3 is 1.